The average molecular weight is 316 g/mol. The van der Waals surface area contributed by atoms with Crippen LogP contribution in [-0.2, 0) is 11.3 Å². The second-order valence-corrected chi connectivity index (χ2v) is 5.59. The molecule has 0 bridgehead atoms. The highest BCUT2D eigenvalue weighted by atomic mass is 16.5. The number of ether oxygens (including phenoxy) is 1. The number of rotatable bonds is 6. The number of hydrogen-bond donors (Lipinski definition) is 0. The summed E-state index contributed by atoms with van der Waals surface area (Å²) in [5.41, 5.74) is 3.16. The minimum absolute atomic E-state index is 0. The zero-order valence-electron chi connectivity index (χ0n) is 12.8. The van der Waals surface area contributed by atoms with Crippen LogP contribution in [0.15, 0.2) is 43.1 Å². The zero-order chi connectivity index (χ0) is 15.2. The van der Waals surface area contributed by atoms with Crippen molar-refractivity contribution in [2.24, 2.45) is 0 Å². The second kappa shape index (κ2) is 8.60. The predicted octanol–water partition coefficient (Wildman–Crippen LogP) is 2.94. The first-order valence-electron chi connectivity index (χ1n) is 7.73. The van der Waals surface area contributed by atoms with E-state index in [-0.39, 0.29) is 8.85 Å². The molecule has 0 unspecified atom stereocenters. The highest BCUT2D eigenvalue weighted by molar-refractivity contribution is 5.58. The Morgan fingerprint density at radius 3 is 2.70 bits per heavy atom. The third-order valence-electron chi connectivity index (χ3n) is 3.92. The summed E-state index contributed by atoms with van der Waals surface area (Å²) in [5.74, 6) is 0. The molecule has 23 heavy (non-hydrogen) atoms. The summed E-state index contributed by atoms with van der Waals surface area (Å²) < 4.78 is 7.23. The summed E-state index contributed by atoms with van der Waals surface area (Å²) in [6.07, 6.45) is 2.90. The minimum Gasteiger partial charge on any atom is -0.379 e. The molecule has 0 spiro atoms. The molecule has 2 heterocycles. The summed E-state index contributed by atoms with van der Waals surface area (Å²) in [6, 6.07) is 10.3. The van der Waals surface area contributed by atoms with Crippen LogP contribution < -0.4 is 0 Å². The summed E-state index contributed by atoms with van der Waals surface area (Å²) >= 11 is 0. The maximum atomic E-state index is 5.36. The van der Waals surface area contributed by atoms with Gasteiger partial charge in [-0.2, -0.15) is 0 Å². The fourth-order valence-electron chi connectivity index (χ4n) is 2.55. The lowest BCUT2D eigenvalue weighted by Crippen LogP contribution is -2.36. The minimum atomic E-state index is 0. The van der Waals surface area contributed by atoms with Gasteiger partial charge in [-0.25, -0.2) is 4.68 Å². The third kappa shape index (κ3) is 5.01. The molecule has 1 fully saturated rings. The summed E-state index contributed by atoms with van der Waals surface area (Å²) in [6.45, 7) is 9.59. The van der Waals surface area contributed by atoms with Crippen molar-refractivity contribution in [3.8, 4) is 0 Å². The van der Waals surface area contributed by atoms with Crippen molar-refractivity contribution in [1.29, 1.82) is 0 Å². The van der Waals surface area contributed by atoms with Crippen molar-refractivity contribution >= 4 is 5.57 Å². The van der Waals surface area contributed by atoms with Crippen LogP contribution in [0.2, 0.25) is 0 Å². The standard InChI is InChI=1S/C17H22N4O.CH4.H2/c1-15(7-8-20-9-11-22-12-10-20)17-14-21(19-18-17)13-16-5-3-2-4-6-16;;/h2-6,14H,1,7-13H2;1H4;1H. The average Bonchev–Trinajstić information content (AvgIpc) is 3.03. The van der Waals surface area contributed by atoms with Crippen molar-refractivity contribution in [1.82, 2.24) is 19.9 Å². The monoisotopic (exact) mass is 316 g/mol. The lowest BCUT2D eigenvalue weighted by Gasteiger charge is -2.26. The topological polar surface area (TPSA) is 43.2 Å². The van der Waals surface area contributed by atoms with Crippen molar-refractivity contribution in [3.63, 3.8) is 0 Å². The van der Waals surface area contributed by atoms with E-state index in [0.717, 1.165) is 57.1 Å². The second-order valence-electron chi connectivity index (χ2n) is 5.59. The molecular formula is C18H28N4O. The fourth-order valence-corrected chi connectivity index (χ4v) is 2.55. The molecule has 1 aromatic heterocycles. The number of aromatic nitrogens is 3. The van der Waals surface area contributed by atoms with Gasteiger partial charge in [-0.3, -0.25) is 4.90 Å². The van der Waals surface area contributed by atoms with E-state index in [1.54, 1.807) is 0 Å². The normalized spacial score (nSPS) is 15.1. The molecule has 1 aromatic carbocycles. The molecule has 2 aromatic rings. The highest BCUT2D eigenvalue weighted by Gasteiger charge is 2.12. The van der Waals surface area contributed by atoms with E-state index in [9.17, 15) is 0 Å². The van der Waals surface area contributed by atoms with E-state index < -0.39 is 0 Å². The Balaban J connectivity index is 0.00000144. The van der Waals surface area contributed by atoms with E-state index in [1.807, 2.05) is 29.1 Å². The van der Waals surface area contributed by atoms with Crippen LogP contribution in [0.4, 0.5) is 0 Å². The van der Waals surface area contributed by atoms with Crippen LogP contribution in [0.25, 0.3) is 5.57 Å². The molecule has 5 heteroatoms. The fraction of sp³-hybridized carbons (Fsp3) is 0.444. The van der Waals surface area contributed by atoms with Gasteiger partial charge in [0.05, 0.1) is 26.0 Å². The van der Waals surface area contributed by atoms with Crippen molar-refractivity contribution in [2.75, 3.05) is 32.8 Å². The number of benzene rings is 1. The Labute approximate surface area is 140 Å². The van der Waals surface area contributed by atoms with E-state index in [4.69, 9.17) is 4.74 Å². The van der Waals surface area contributed by atoms with Gasteiger partial charge in [0, 0.05) is 21.1 Å². The Morgan fingerprint density at radius 1 is 1.22 bits per heavy atom. The Hall–Kier alpha value is -1.98. The molecule has 1 saturated heterocycles. The van der Waals surface area contributed by atoms with Crippen LogP contribution in [0.3, 0.4) is 0 Å². The van der Waals surface area contributed by atoms with Gasteiger partial charge in [0.1, 0.15) is 5.69 Å². The molecule has 126 valence electrons. The lowest BCUT2D eigenvalue weighted by atomic mass is 10.1. The molecule has 0 radical (unpaired) electrons. The molecule has 3 rings (SSSR count). The van der Waals surface area contributed by atoms with E-state index in [1.165, 1.54) is 5.56 Å². The maximum Gasteiger partial charge on any atom is 0.108 e. The van der Waals surface area contributed by atoms with Gasteiger partial charge in [-0.15, -0.1) is 5.10 Å². The first-order valence-corrected chi connectivity index (χ1v) is 7.73. The smallest absolute Gasteiger partial charge is 0.108 e. The molecule has 0 aliphatic carbocycles. The first-order chi connectivity index (χ1) is 10.8. The van der Waals surface area contributed by atoms with E-state index in [2.05, 4.69) is 33.9 Å². The Kier molecular flexibility index (Phi) is 6.50. The predicted molar refractivity (Wildman–Crippen MR) is 95.3 cm³/mol. The van der Waals surface area contributed by atoms with Gasteiger partial charge in [-0.05, 0) is 17.6 Å². The summed E-state index contributed by atoms with van der Waals surface area (Å²) in [4.78, 5) is 2.41. The zero-order valence-corrected chi connectivity index (χ0v) is 12.8. The van der Waals surface area contributed by atoms with Gasteiger partial charge >= 0.3 is 0 Å². The Morgan fingerprint density at radius 2 is 1.96 bits per heavy atom. The molecule has 0 N–H and O–H groups in total. The van der Waals surface area contributed by atoms with Gasteiger partial charge in [-0.1, -0.05) is 49.6 Å². The molecule has 0 saturated carbocycles. The van der Waals surface area contributed by atoms with Crippen LogP contribution in [0, 0.1) is 0 Å². The first kappa shape index (κ1) is 17.4. The number of nitrogens with zero attached hydrogens (tertiary/aromatic N) is 4. The van der Waals surface area contributed by atoms with Crippen molar-refractivity contribution in [3.05, 3.63) is 54.4 Å². The largest absolute Gasteiger partial charge is 0.379 e. The van der Waals surface area contributed by atoms with Crippen molar-refractivity contribution in [2.45, 2.75) is 20.4 Å². The molecule has 0 amide bonds. The molecular weight excluding hydrogens is 288 g/mol. The van der Waals surface area contributed by atoms with Gasteiger partial charge in [0.25, 0.3) is 0 Å². The van der Waals surface area contributed by atoms with Gasteiger partial charge in [0.15, 0.2) is 0 Å². The maximum absolute atomic E-state index is 5.36. The molecule has 1 aliphatic rings. The van der Waals surface area contributed by atoms with Crippen LogP contribution in [0.5, 0.6) is 0 Å². The number of morpholine rings is 1. The van der Waals surface area contributed by atoms with E-state index in [0.29, 0.717) is 0 Å². The molecule has 1 aliphatic heterocycles. The lowest BCUT2D eigenvalue weighted by molar-refractivity contribution is 0.0390. The molecule has 0 atom stereocenters. The third-order valence-corrected chi connectivity index (χ3v) is 3.92. The SMILES string of the molecule is C.C=C(CCN1CCOCC1)c1cn(Cc2ccccc2)nn1.[HH]. The van der Waals surface area contributed by atoms with Gasteiger partial charge < -0.3 is 4.74 Å². The quantitative estimate of drug-likeness (QED) is 0.822. The van der Waals surface area contributed by atoms with Crippen molar-refractivity contribution < 1.29 is 6.16 Å². The van der Waals surface area contributed by atoms with Gasteiger partial charge in [0.2, 0.25) is 0 Å². The number of hydrogen-bond acceptors (Lipinski definition) is 4. The summed E-state index contributed by atoms with van der Waals surface area (Å²) in [5, 5.41) is 8.45. The van der Waals surface area contributed by atoms with Crippen LogP contribution in [-0.4, -0.2) is 52.7 Å². The molecule has 5 nitrogen and oxygen atoms in total. The van der Waals surface area contributed by atoms with E-state index >= 15 is 0 Å². The van der Waals surface area contributed by atoms with Crippen LogP contribution in [0.1, 0.15) is 26.5 Å². The Bertz CT molecular complexity index is 608. The summed E-state index contributed by atoms with van der Waals surface area (Å²) in [7, 11) is 0. The van der Waals surface area contributed by atoms with Crippen LogP contribution >= 0.6 is 0 Å². The highest BCUT2D eigenvalue weighted by Crippen LogP contribution is 2.14.